The van der Waals surface area contributed by atoms with Crippen molar-refractivity contribution >= 4 is 0 Å². The van der Waals surface area contributed by atoms with E-state index in [0.29, 0.717) is 24.0 Å². The van der Waals surface area contributed by atoms with E-state index < -0.39 is 0 Å². The van der Waals surface area contributed by atoms with Gasteiger partial charge in [-0.2, -0.15) is 0 Å². The van der Waals surface area contributed by atoms with Crippen LogP contribution in [0.15, 0.2) is 48.5 Å². The summed E-state index contributed by atoms with van der Waals surface area (Å²) >= 11 is 0. The number of rotatable bonds is 5. The molecule has 0 spiro atoms. The first kappa shape index (κ1) is 13.7. The van der Waals surface area contributed by atoms with Gasteiger partial charge in [0.2, 0.25) is 0 Å². The molecular formula is C16H16F2O. The van der Waals surface area contributed by atoms with Gasteiger partial charge in [-0.15, -0.1) is 0 Å². The number of hydrogen-bond donors (Lipinski definition) is 1. The normalized spacial score (nSPS) is 10.9. The van der Waals surface area contributed by atoms with Gasteiger partial charge in [-0.1, -0.05) is 36.4 Å². The van der Waals surface area contributed by atoms with Crippen LogP contribution in [0.4, 0.5) is 8.78 Å². The molecule has 2 aromatic carbocycles. The first-order valence-corrected chi connectivity index (χ1v) is 6.28. The quantitative estimate of drug-likeness (QED) is 0.876. The molecule has 0 radical (unpaired) electrons. The Labute approximate surface area is 111 Å². The summed E-state index contributed by atoms with van der Waals surface area (Å²) in [6.45, 7) is -0.0946. The third-order valence-corrected chi connectivity index (χ3v) is 3.19. The van der Waals surface area contributed by atoms with Gasteiger partial charge in [0.1, 0.15) is 11.6 Å². The summed E-state index contributed by atoms with van der Waals surface area (Å²) in [6, 6.07) is 13.0. The van der Waals surface area contributed by atoms with Crippen LogP contribution >= 0.6 is 0 Å². The highest BCUT2D eigenvalue weighted by Crippen LogP contribution is 2.18. The molecule has 2 rings (SSSR count). The monoisotopic (exact) mass is 262 g/mol. The van der Waals surface area contributed by atoms with Crippen molar-refractivity contribution in [3.63, 3.8) is 0 Å². The first-order chi connectivity index (χ1) is 9.20. The van der Waals surface area contributed by atoms with Crippen LogP contribution in [0.5, 0.6) is 0 Å². The first-order valence-electron chi connectivity index (χ1n) is 6.28. The second-order valence-electron chi connectivity index (χ2n) is 4.64. The van der Waals surface area contributed by atoms with Gasteiger partial charge >= 0.3 is 0 Å². The molecule has 2 aromatic rings. The molecule has 0 amide bonds. The average Bonchev–Trinajstić information content (AvgIpc) is 2.42. The van der Waals surface area contributed by atoms with Crippen molar-refractivity contribution in [1.29, 1.82) is 0 Å². The smallest absolute Gasteiger partial charge is 0.126 e. The summed E-state index contributed by atoms with van der Waals surface area (Å²) in [7, 11) is 0. The standard InChI is InChI=1S/C16H16F2O/c17-15-7-3-1-5-13(15)9-12(11-19)10-14-6-2-4-8-16(14)18/h1-8,12,19H,9-11H2. The third-order valence-electron chi connectivity index (χ3n) is 3.19. The highest BCUT2D eigenvalue weighted by molar-refractivity contribution is 5.21. The molecule has 19 heavy (non-hydrogen) atoms. The molecule has 0 bridgehead atoms. The van der Waals surface area contributed by atoms with Gasteiger partial charge < -0.3 is 5.11 Å². The number of benzene rings is 2. The van der Waals surface area contributed by atoms with Crippen LogP contribution in [-0.4, -0.2) is 11.7 Å². The highest BCUT2D eigenvalue weighted by Gasteiger charge is 2.14. The summed E-state index contributed by atoms with van der Waals surface area (Å²) in [5.74, 6) is -0.752. The van der Waals surface area contributed by atoms with Crippen molar-refractivity contribution in [3.8, 4) is 0 Å². The van der Waals surface area contributed by atoms with E-state index >= 15 is 0 Å². The summed E-state index contributed by atoms with van der Waals surface area (Å²) in [6.07, 6.45) is 0.801. The maximum Gasteiger partial charge on any atom is 0.126 e. The molecule has 100 valence electrons. The SMILES string of the molecule is OCC(Cc1ccccc1F)Cc1ccccc1F. The fraction of sp³-hybridized carbons (Fsp3) is 0.250. The highest BCUT2D eigenvalue weighted by atomic mass is 19.1. The van der Waals surface area contributed by atoms with E-state index in [1.54, 1.807) is 36.4 Å². The van der Waals surface area contributed by atoms with E-state index in [0.717, 1.165) is 0 Å². The Bertz CT molecular complexity index is 492. The predicted octanol–water partition coefficient (Wildman–Crippen LogP) is 3.36. The van der Waals surface area contributed by atoms with E-state index in [2.05, 4.69) is 0 Å². The van der Waals surface area contributed by atoms with Crippen LogP contribution in [0.1, 0.15) is 11.1 Å². The van der Waals surface area contributed by atoms with E-state index in [1.165, 1.54) is 12.1 Å². The number of aliphatic hydroxyl groups is 1. The summed E-state index contributed by atoms with van der Waals surface area (Å²) in [5, 5.41) is 9.39. The molecule has 0 atom stereocenters. The van der Waals surface area contributed by atoms with E-state index in [4.69, 9.17) is 0 Å². The minimum atomic E-state index is -0.283. The van der Waals surface area contributed by atoms with Gasteiger partial charge in [-0.05, 0) is 42.0 Å². The zero-order chi connectivity index (χ0) is 13.7. The van der Waals surface area contributed by atoms with Gasteiger partial charge in [0.05, 0.1) is 0 Å². The maximum absolute atomic E-state index is 13.5. The van der Waals surface area contributed by atoms with E-state index in [-0.39, 0.29) is 24.2 Å². The molecule has 3 heteroatoms. The lowest BCUT2D eigenvalue weighted by atomic mass is 9.93. The number of aliphatic hydroxyl groups excluding tert-OH is 1. The summed E-state index contributed by atoms with van der Waals surface area (Å²) < 4.78 is 27.1. The lowest BCUT2D eigenvalue weighted by Gasteiger charge is -2.15. The Hall–Kier alpha value is -1.74. The molecule has 0 saturated heterocycles. The Morgan fingerprint density at radius 3 is 1.58 bits per heavy atom. The van der Waals surface area contributed by atoms with Crippen LogP contribution < -0.4 is 0 Å². The van der Waals surface area contributed by atoms with Crippen LogP contribution in [-0.2, 0) is 12.8 Å². The molecule has 1 N–H and O–H groups in total. The topological polar surface area (TPSA) is 20.2 Å². The fourth-order valence-electron chi connectivity index (χ4n) is 2.15. The minimum absolute atomic E-state index is 0.0946. The van der Waals surface area contributed by atoms with Crippen LogP contribution in [0.3, 0.4) is 0 Å². The van der Waals surface area contributed by atoms with Gasteiger partial charge in [-0.3, -0.25) is 0 Å². The third kappa shape index (κ3) is 3.61. The molecule has 0 aliphatic rings. The van der Waals surface area contributed by atoms with Crippen molar-refractivity contribution in [2.24, 2.45) is 5.92 Å². The predicted molar refractivity (Wildman–Crippen MR) is 70.8 cm³/mol. The van der Waals surface area contributed by atoms with Crippen LogP contribution in [0, 0.1) is 17.6 Å². The Morgan fingerprint density at radius 1 is 0.789 bits per heavy atom. The average molecular weight is 262 g/mol. The minimum Gasteiger partial charge on any atom is -0.396 e. The number of hydrogen-bond acceptors (Lipinski definition) is 1. The molecule has 0 unspecified atom stereocenters. The zero-order valence-corrected chi connectivity index (χ0v) is 10.5. The van der Waals surface area contributed by atoms with Crippen molar-refractivity contribution in [3.05, 3.63) is 71.3 Å². The van der Waals surface area contributed by atoms with Gasteiger partial charge in [-0.25, -0.2) is 8.78 Å². The molecule has 1 nitrogen and oxygen atoms in total. The van der Waals surface area contributed by atoms with Gasteiger partial charge in [0, 0.05) is 6.61 Å². The lowest BCUT2D eigenvalue weighted by Crippen LogP contribution is -2.14. The van der Waals surface area contributed by atoms with E-state index in [9.17, 15) is 13.9 Å². The van der Waals surface area contributed by atoms with Gasteiger partial charge in [0.15, 0.2) is 0 Å². The Morgan fingerprint density at radius 2 is 1.21 bits per heavy atom. The molecule has 0 heterocycles. The second-order valence-corrected chi connectivity index (χ2v) is 4.64. The molecule has 0 aliphatic heterocycles. The van der Waals surface area contributed by atoms with Crippen molar-refractivity contribution in [2.75, 3.05) is 6.61 Å². The lowest BCUT2D eigenvalue weighted by molar-refractivity contribution is 0.223. The van der Waals surface area contributed by atoms with Crippen molar-refractivity contribution in [1.82, 2.24) is 0 Å². The fourth-order valence-corrected chi connectivity index (χ4v) is 2.15. The second kappa shape index (κ2) is 6.43. The van der Waals surface area contributed by atoms with E-state index in [1.807, 2.05) is 0 Å². The van der Waals surface area contributed by atoms with Crippen molar-refractivity contribution in [2.45, 2.75) is 12.8 Å². The van der Waals surface area contributed by atoms with Gasteiger partial charge in [0.25, 0.3) is 0 Å². The number of halogens is 2. The molecule has 0 fully saturated rings. The van der Waals surface area contributed by atoms with Crippen LogP contribution in [0.2, 0.25) is 0 Å². The zero-order valence-electron chi connectivity index (χ0n) is 10.5. The molecule has 0 aliphatic carbocycles. The summed E-state index contributed by atoms with van der Waals surface area (Å²) in [4.78, 5) is 0. The molecular weight excluding hydrogens is 246 g/mol. The Kier molecular flexibility index (Phi) is 4.63. The summed E-state index contributed by atoms with van der Waals surface area (Å²) in [5.41, 5.74) is 1.11. The molecule has 0 saturated carbocycles. The molecule has 0 aromatic heterocycles. The maximum atomic E-state index is 13.5. The largest absolute Gasteiger partial charge is 0.396 e. The van der Waals surface area contributed by atoms with Crippen LogP contribution in [0.25, 0.3) is 0 Å². The van der Waals surface area contributed by atoms with Crippen molar-refractivity contribution < 1.29 is 13.9 Å². The Balaban J connectivity index is 2.09.